The molecule has 0 radical (unpaired) electrons. The van der Waals surface area contributed by atoms with Crippen LogP contribution in [0.15, 0.2) is 24.7 Å². The van der Waals surface area contributed by atoms with E-state index in [-0.39, 0.29) is 24.0 Å². The van der Waals surface area contributed by atoms with E-state index in [0.29, 0.717) is 18.4 Å². The molecule has 2 N–H and O–H groups in total. The van der Waals surface area contributed by atoms with E-state index in [9.17, 15) is 9.90 Å². The molecule has 2 aliphatic carbocycles. The van der Waals surface area contributed by atoms with Gasteiger partial charge in [-0.25, -0.2) is 0 Å². The van der Waals surface area contributed by atoms with E-state index >= 15 is 0 Å². The van der Waals surface area contributed by atoms with Crippen molar-refractivity contribution < 1.29 is 9.90 Å². The Morgan fingerprint density at radius 3 is 2.84 bits per heavy atom. The fourth-order valence-electron chi connectivity index (χ4n) is 3.91. The van der Waals surface area contributed by atoms with Crippen LogP contribution in [-0.2, 0) is 19.9 Å². The molecule has 6 heteroatoms. The number of nitrogens with one attached hydrogen (secondary N) is 1. The minimum absolute atomic E-state index is 0.101. The maximum atomic E-state index is 12.8. The van der Waals surface area contributed by atoms with Gasteiger partial charge in [0.2, 0.25) is 0 Å². The van der Waals surface area contributed by atoms with Crippen molar-refractivity contribution in [3.63, 3.8) is 0 Å². The number of carbonyl (C=O) groups is 1. The molecule has 0 aliphatic heterocycles. The highest BCUT2D eigenvalue weighted by Gasteiger charge is 2.36. The van der Waals surface area contributed by atoms with E-state index in [1.54, 1.807) is 17.1 Å². The van der Waals surface area contributed by atoms with Gasteiger partial charge in [-0.05, 0) is 56.1 Å². The number of pyridine rings is 1. The second-order valence-corrected chi connectivity index (χ2v) is 7.32. The fraction of sp³-hybridized carbons (Fsp3) is 0.526. The molecule has 1 atom stereocenters. The van der Waals surface area contributed by atoms with Gasteiger partial charge in [0.25, 0.3) is 5.91 Å². The zero-order valence-electron chi connectivity index (χ0n) is 14.5. The summed E-state index contributed by atoms with van der Waals surface area (Å²) in [4.78, 5) is 17.3. The maximum absolute atomic E-state index is 12.8. The van der Waals surface area contributed by atoms with Crippen LogP contribution in [0.1, 0.15) is 58.9 Å². The molecule has 1 amide bonds. The molecular weight excluding hydrogens is 316 g/mol. The zero-order valence-corrected chi connectivity index (χ0v) is 14.5. The van der Waals surface area contributed by atoms with Crippen molar-refractivity contribution in [3.05, 3.63) is 47.0 Å². The molecule has 0 aromatic carbocycles. The first-order valence-corrected chi connectivity index (χ1v) is 9.05. The third-order valence-electron chi connectivity index (χ3n) is 5.42. The number of aromatic nitrogens is 3. The minimum atomic E-state index is -0.258. The molecular formula is C19H24N4O2. The summed E-state index contributed by atoms with van der Waals surface area (Å²) < 4.78 is 1.74. The van der Waals surface area contributed by atoms with Crippen LogP contribution in [0.2, 0.25) is 0 Å². The predicted octanol–water partition coefficient (Wildman–Crippen LogP) is 1.94. The number of rotatable bonds is 4. The molecule has 2 aromatic rings. The van der Waals surface area contributed by atoms with Crippen LogP contribution in [0.25, 0.3) is 0 Å². The smallest absolute Gasteiger partial charge is 0.253 e. The van der Waals surface area contributed by atoms with Crippen molar-refractivity contribution in [2.24, 2.45) is 13.0 Å². The lowest BCUT2D eigenvalue weighted by Gasteiger charge is -2.37. The largest absolute Gasteiger partial charge is 0.393 e. The molecule has 0 saturated heterocycles. The monoisotopic (exact) mass is 340 g/mol. The number of fused-ring (bicyclic) bond motifs is 1. The van der Waals surface area contributed by atoms with E-state index in [1.165, 1.54) is 12.0 Å². The number of aryl methyl sites for hydroxylation is 3. The Morgan fingerprint density at radius 1 is 1.32 bits per heavy atom. The Hall–Kier alpha value is -2.21. The molecule has 1 saturated carbocycles. The van der Waals surface area contributed by atoms with Gasteiger partial charge in [0.15, 0.2) is 0 Å². The highest BCUT2D eigenvalue weighted by Crippen LogP contribution is 2.38. The maximum Gasteiger partial charge on any atom is 0.253 e. The first kappa shape index (κ1) is 16.3. The number of aliphatic hydroxyl groups excluding tert-OH is 1. The summed E-state index contributed by atoms with van der Waals surface area (Å²) >= 11 is 0. The fourth-order valence-corrected chi connectivity index (χ4v) is 3.91. The van der Waals surface area contributed by atoms with Crippen molar-refractivity contribution in [2.75, 3.05) is 0 Å². The van der Waals surface area contributed by atoms with Gasteiger partial charge in [-0.15, -0.1) is 0 Å². The van der Waals surface area contributed by atoms with Crippen molar-refractivity contribution in [2.45, 2.75) is 50.7 Å². The van der Waals surface area contributed by atoms with Crippen LogP contribution in [-0.4, -0.2) is 31.9 Å². The quantitative estimate of drug-likeness (QED) is 0.891. The van der Waals surface area contributed by atoms with E-state index in [4.69, 9.17) is 0 Å². The summed E-state index contributed by atoms with van der Waals surface area (Å²) in [6.07, 6.45) is 10.9. The average Bonchev–Trinajstić information content (AvgIpc) is 3.03. The van der Waals surface area contributed by atoms with Gasteiger partial charge in [-0.1, -0.05) is 0 Å². The van der Waals surface area contributed by atoms with Crippen LogP contribution >= 0.6 is 0 Å². The Balaban J connectivity index is 1.54. The Bertz CT molecular complexity index is 779. The first-order valence-electron chi connectivity index (χ1n) is 9.05. The van der Waals surface area contributed by atoms with Gasteiger partial charge >= 0.3 is 0 Å². The van der Waals surface area contributed by atoms with Gasteiger partial charge in [-0.2, -0.15) is 5.10 Å². The summed E-state index contributed by atoms with van der Waals surface area (Å²) in [5.41, 5.74) is 3.94. The van der Waals surface area contributed by atoms with Gasteiger partial charge < -0.3 is 10.4 Å². The number of carbonyl (C=O) groups excluding carboxylic acids is 1. The molecule has 4 rings (SSSR count). The van der Waals surface area contributed by atoms with Crippen molar-refractivity contribution in [3.8, 4) is 0 Å². The molecule has 0 unspecified atom stereocenters. The first-order chi connectivity index (χ1) is 12.1. The van der Waals surface area contributed by atoms with Crippen molar-refractivity contribution >= 4 is 5.91 Å². The summed E-state index contributed by atoms with van der Waals surface area (Å²) in [6, 6.07) is 1.87. The van der Waals surface area contributed by atoms with E-state index in [2.05, 4.69) is 15.4 Å². The lowest BCUT2D eigenvalue weighted by atomic mass is 9.75. The summed E-state index contributed by atoms with van der Waals surface area (Å²) in [6.45, 7) is 0. The molecule has 0 spiro atoms. The van der Waals surface area contributed by atoms with Gasteiger partial charge in [0, 0.05) is 30.7 Å². The third kappa shape index (κ3) is 3.31. The van der Waals surface area contributed by atoms with E-state index < -0.39 is 0 Å². The minimum Gasteiger partial charge on any atom is -0.393 e. The molecule has 1 fully saturated rings. The van der Waals surface area contributed by atoms with Crippen LogP contribution in [0.4, 0.5) is 0 Å². The zero-order chi connectivity index (χ0) is 17.4. The SMILES string of the molecule is Cn1cc([C@H](NC(=O)c2cnc3c(c2)CCCC3)C2CC(O)C2)cn1. The standard InChI is InChI=1S/C19H24N4O2/c1-23-11-15(10-21-23)18(13-7-16(24)8-13)22-19(25)14-6-12-4-2-3-5-17(12)20-9-14/h6,9-11,13,16,18,24H,2-5,7-8H2,1H3,(H,22,25)/t13?,16?,18-/m1/s1. The Morgan fingerprint density at radius 2 is 2.12 bits per heavy atom. The molecule has 132 valence electrons. The summed E-state index contributed by atoms with van der Waals surface area (Å²) in [7, 11) is 1.87. The number of hydrogen-bond donors (Lipinski definition) is 2. The lowest BCUT2D eigenvalue weighted by Crippen LogP contribution is -2.41. The molecule has 0 bridgehead atoms. The molecule has 6 nitrogen and oxygen atoms in total. The van der Waals surface area contributed by atoms with Crippen LogP contribution in [0.3, 0.4) is 0 Å². The van der Waals surface area contributed by atoms with Crippen molar-refractivity contribution in [1.29, 1.82) is 0 Å². The van der Waals surface area contributed by atoms with Gasteiger partial charge in [-0.3, -0.25) is 14.5 Å². The van der Waals surface area contributed by atoms with Gasteiger partial charge in [0.1, 0.15) is 0 Å². The van der Waals surface area contributed by atoms with Gasteiger partial charge in [0.05, 0.1) is 23.9 Å². The normalized spacial score (nSPS) is 23.4. The Labute approximate surface area is 147 Å². The third-order valence-corrected chi connectivity index (χ3v) is 5.42. The van der Waals surface area contributed by atoms with E-state index in [1.807, 2.05) is 19.3 Å². The summed E-state index contributed by atoms with van der Waals surface area (Å²) in [5, 5.41) is 17.0. The van der Waals surface area contributed by atoms with Crippen LogP contribution < -0.4 is 5.32 Å². The predicted molar refractivity (Wildman–Crippen MR) is 93.0 cm³/mol. The van der Waals surface area contributed by atoms with Crippen LogP contribution in [0, 0.1) is 5.92 Å². The lowest BCUT2D eigenvalue weighted by molar-refractivity contribution is 0.0235. The molecule has 25 heavy (non-hydrogen) atoms. The topological polar surface area (TPSA) is 80.0 Å². The number of nitrogens with zero attached hydrogens (tertiary/aromatic N) is 3. The highest BCUT2D eigenvalue weighted by molar-refractivity contribution is 5.94. The van der Waals surface area contributed by atoms with Crippen molar-refractivity contribution in [1.82, 2.24) is 20.1 Å². The second kappa shape index (κ2) is 6.59. The Kier molecular flexibility index (Phi) is 4.29. The highest BCUT2D eigenvalue weighted by atomic mass is 16.3. The average molecular weight is 340 g/mol. The van der Waals surface area contributed by atoms with Crippen LogP contribution in [0.5, 0.6) is 0 Å². The second-order valence-electron chi connectivity index (χ2n) is 7.32. The molecule has 2 aliphatic rings. The van der Waals surface area contributed by atoms with E-state index in [0.717, 1.165) is 30.5 Å². The molecule has 2 aromatic heterocycles. The number of hydrogen-bond acceptors (Lipinski definition) is 4. The number of aliphatic hydroxyl groups is 1. The molecule has 2 heterocycles. The number of amides is 1. The summed E-state index contributed by atoms with van der Waals surface area (Å²) in [5.74, 6) is 0.143.